The molecule has 23 heavy (non-hydrogen) atoms. The molecule has 2 unspecified atom stereocenters. The predicted octanol–water partition coefficient (Wildman–Crippen LogP) is 4.30. The Morgan fingerprint density at radius 3 is 2.78 bits per heavy atom. The molecule has 1 N–H and O–H groups in total. The van der Waals surface area contributed by atoms with Crippen molar-refractivity contribution in [3.05, 3.63) is 34.9 Å². The second kappa shape index (κ2) is 9.03. The number of pyridine rings is 1. The van der Waals surface area contributed by atoms with Crippen molar-refractivity contribution in [2.45, 2.75) is 44.9 Å². The average Bonchev–Trinajstić information content (AvgIpc) is 3.06. The summed E-state index contributed by atoms with van der Waals surface area (Å²) in [5.41, 5.74) is 1.98. The number of nitrogens with one attached hydrogen (secondary N) is 1. The summed E-state index contributed by atoms with van der Waals surface area (Å²) in [7, 11) is 0. The van der Waals surface area contributed by atoms with Gasteiger partial charge in [-0.1, -0.05) is 13.3 Å². The molecule has 0 spiro atoms. The molecule has 0 saturated heterocycles. The number of nitrogens with zero attached hydrogens (tertiary/aromatic N) is 2. The molecule has 4 nitrogen and oxygen atoms in total. The van der Waals surface area contributed by atoms with Crippen LogP contribution in [0.3, 0.4) is 0 Å². The highest BCUT2D eigenvalue weighted by atomic mass is 32.2. The van der Waals surface area contributed by atoms with Crippen LogP contribution in [0.5, 0.6) is 0 Å². The third-order valence-corrected chi connectivity index (χ3v) is 5.73. The molecule has 0 saturated carbocycles. The van der Waals surface area contributed by atoms with E-state index in [2.05, 4.69) is 22.2 Å². The van der Waals surface area contributed by atoms with Gasteiger partial charge in [0, 0.05) is 23.3 Å². The number of hydrogen-bond donors (Lipinski definition) is 1. The number of amides is 1. The molecule has 2 heterocycles. The first-order valence-electron chi connectivity index (χ1n) is 7.89. The van der Waals surface area contributed by atoms with Crippen LogP contribution in [0.4, 0.5) is 0 Å². The first kappa shape index (κ1) is 17.9. The lowest BCUT2D eigenvalue weighted by Gasteiger charge is -2.15. The molecule has 0 aliphatic heterocycles. The maximum absolute atomic E-state index is 12.2. The van der Waals surface area contributed by atoms with Crippen molar-refractivity contribution in [3.63, 3.8) is 0 Å². The van der Waals surface area contributed by atoms with Gasteiger partial charge >= 0.3 is 0 Å². The summed E-state index contributed by atoms with van der Waals surface area (Å²) in [4.78, 5) is 20.9. The lowest BCUT2D eigenvalue weighted by molar-refractivity contribution is -0.120. The van der Waals surface area contributed by atoms with Crippen molar-refractivity contribution < 1.29 is 4.79 Å². The normalized spacial score (nSPS) is 13.5. The number of carbonyl (C=O) groups is 1. The molecule has 0 aliphatic carbocycles. The van der Waals surface area contributed by atoms with Gasteiger partial charge in [-0.2, -0.15) is 0 Å². The third kappa shape index (κ3) is 5.32. The minimum absolute atomic E-state index is 0.0244. The van der Waals surface area contributed by atoms with E-state index >= 15 is 0 Å². The fourth-order valence-electron chi connectivity index (χ4n) is 2.01. The van der Waals surface area contributed by atoms with Crippen LogP contribution in [-0.2, 0) is 4.79 Å². The zero-order valence-electron chi connectivity index (χ0n) is 13.8. The summed E-state index contributed by atoms with van der Waals surface area (Å²) in [6, 6.07) is 3.81. The fraction of sp³-hybridized carbons (Fsp3) is 0.471. The van der Waals surface area contributed by atoms with E-state index in [0.717, 1.165) is 34.9 Å². The minimum atomic E-state index is -0.0719. The van der Waals surface area contributed by atoms with E-state index in [-0.39, 0.29) is 17.2 Å². The zero-order valence-corrected chi connectivity index (χ0v) is 15.4. The van der Waals surface area contributed by atoms with Crippen molar-refractivity contribution in [2.75, 3.05) is 5.75 Å². The molecular formula is C17H23N3OS2. The van der Waals surface area contributed by atoms with Crippen molar-refractivity contribution in [3.8, 4) is 11.3 Å². The largest absolute Gasteiger partial charge is 0.346 e. The van der Waals surface area contributed by atoms with Crippen LogP contribution in [0.2, 0.25) is 0 Å². The Bertz CT molecular complexity index is 615. The number of carbonyl (C=O) groups excluding carboxylic acids is 1. The molecule has 2 atom stereocenters. The second-order valence-corrected chi connectivity index (χ2v) is 7.74. The van der Waals surface area contributed by atoms with E-state index in [9.17, 15) is 4.79 Å². The van der Waals surface area contributed by atoms with Gasteiger partial charge in [0.25, 0.3) is 0 Å². The van der Waals surface area contributed by atoms with E-state index in [4.69, 9.17) is 0 Å². The minimum Gasteiger partial charge on any atom is -0.346 e. The molecule has 2 aromatic heterocycles. The first-order chi connectivity index (χ1) is 11.1. The molecule has 124 valence electrons. The fourth-order valence-corrected chi connectivity index (χ4v) is 3.88. The van der Waals surface area contributed by atoms with Crippen LogP contribution < -0.4 is 5.32 Å². The van der Waals surface area contributed by atoms with Gasteiger partial charge in [0.2, 0.25) is 5.91 Å². The Kier molecular flexibility index (Phi) is 7.05. The second-order valence-electron chi connectivity index (χ2n) is 5.40. The van der Waals surface area contributed by atoms with Gasteiger partial charge in [0.05, 0.1) is 17.0 Å². The van der Waals surface area contributed by atoms with Crippen LogP contribution in [0, 0.1) is 0 Å². The van der Waals surface area contributed by atoms with E-state index in [1.165, 1.54) is 0 Å². The van der Waals surface area contributed by atoms with Gasteiger partial charge in [-0.05, 0) is 38.2 Å². The Balaban J connectivity index is 1.92. The summed E-state index contributed by atoms with van der Waals surface area (Å²) in [5, 5.41) is 5.99. The van der Waals surface area contributed by atoms with E-state index in [0.29, 0.717) is 0 Å². The maximum atomic E-state index is 12.2. The van der Waals surface area contributed by atoms with Gasteiger partial charge in [-0.3, -0.25) is 9.78 Å². The molecule has 6 heteroatoms. The van der Waals surface area contributed by atoms with Gasteiger partial charge in [-0.15, -0.1) is 23.1 Å². The summed E-state index contributed by atoms with van der Waals surface area (Å²) < 4.78 is 0. The Labute approximate surface area is 146 Å². The molecule has 0 bridgehead atoms. The number of hydrogen-bond acceptors (Lipinski definition) is 5. The van der Waals surface area contributed by atoms with E-state index in [1.54, 1.807) is 35.5 Å². The standard InChI is InChI=1S/C17H23N3OS2/c1-4-5-10-22-13(3)16(21)19-12(2)17-20-15(11-23-17)14-6-8-18-9-7-14/h6-9,11-13H,4-5,10H2,1-3H3,(H,19,21). The van der Waals surface area contributed by atoms with Crippen LogP contribution >= 0.6 is 23.1 Å². The molecule has 0 aromatic carbocycles. The lowest BCUT2D eigenvalue weighted by atomic mass is 10.2. The molecule has 0 fully saturated rings. The smallest absolute Gasteiger partial charge is 0.233 e. The average molecular weight is 350 g/mol. The van der Waals surface area contributed by atoms with E-state index in [1.807, 2.05) is 31.4 Å². The van der Waals surface area contributed by atoms with Gasteiger partial charge < -0.3 is 5.32 Å². The van der Waals surface area contributed by atoms with Crippen molar-refractivity contribution in [2.24, 2.45) is 0 Å². The molecular weight excluding hydrogens is 326 g/mol. The highest BCUT2D eigenvalue weighted by Crippen LogP contribution is 2.25. The zero-order chi connectivity index (χ0) is 16.7. The van der Waals surface area contributed by atoms with Gasteiger partial charge in [0.15, 0.2) is 0 Å². The maximum Gasteiger partial charge on any atom is 0.233 e. The van der Waals surface area contributed by atoms with Crippen LogP contribution in [-0.4, -0.2) is 26.9 Å². The summed E-state index contributed by atoms with van der Waals surface area (Å²) in [5.74, 6) is 1.11. The van der Waals surface area contributed by atoms with Crippen molar-refractivity contribution in [1.29, 1.82) is 0 Å². The highest BCUT2D eigenvalue weighted by molar-refractivity contribution is 8.00. The van der Waals surface area contributed by atoms with Gasteiger partial charge in [-0.25, -0.2) is 4.98 Å². The summed E-state index contributed by atoms with van der Waals surface area (Å²) in [6.45, 7) is 6.11. The lowest BCUT2D eigenvalue weighted by Crippen LogP contribution is -2.33. The highest BCUT2D eigenvalue weighted by Gasteiger charge is 2.18. The van der Waals surface area contributed by atoms with Crippen molar-refractivity contribution >= 4 is 29.0 Å². The van der Waals surface area contributed by atoms with Crippen LogP contribution in [0.25, 0.3) is 11.3 Å². The SMILES string of the molecule is CCCCSC(C)C(=O)NC(C)c1nc(-c2ccncc2)cs1. The molecule has 0 radical (unpaired) electrons. The molecule has 2 rings (SSSR count). The molecule has 2 aromatic rings. The van der Waals surface area contributed by atoms with Crippen LogP contribution in [0.15, 0.2) is 29.9 Å². The number of rotatable bonds is 8. The quantitative estimate of drug-likeness (QED) is 0.722. The van der Waals surface area contributed by atoms with Gasteiger partial charge in [0.1, 0.15) is 5.01 Å². The third-order valence-electron chi connectivity index (χ3n) is 3.46. The number of thioether (sulfide) groups is 1. The number of thiazole rings is 1. The first-order valence-corrected chi connectivity index (χ1v) is 9.82. The Morgan fingerprint density at radius 1 is 1.35 bits per heavy atom. The van der Waals surface area contributed by atoms with Crippen molar-refractivity contribution in [1.82, 2.24) is 15.3 Å². The monoisotopic (exact) mass is 349 g/mol. The Hall–Kier alpha value is -1.40. The van der Waals surface area contributed by atoms with Crippen LogP contribution in [0.1, 0.15) is 44.7 Å². The summed E-state index contributed by atoms with van der Waals surface area (Å²) in [6.07, 6.45) is 5.83. The van der Waals surface area contributed by atoms with E-state index < -0.39 is 0 Å². The topological polar surface area (TPSA) is 54.9 Å². The molecule has 1 amide bonds. The summed E-state index contributed by atoms with van der Waals surface area (Å²) >= 11 is 3.29. The number of aromatic nitrogens is 2. The number of unbranched alkanes of at least 4 members (excludes halogenated alkanes) is 1. The Morgan fingerprint density at radius 2 is 2.09 bits per heavy atom. The molecule has 0 aliphatic rings. The predicted molar refractivity (Wildman–Crippen MR) is 98.7 cm³/mol.